The summed E-state index contributed by atoms with van der Waals surface area (Å²) in [6, 6.07) is 7.55. The van der Waals surface area contributed by atoms with Gasteiger partial charge in [0.25, 0.3) is 0 Å². The number of carbonyl (C=O) groups is 2. The van der Waals surface area contributed by atoms with Crippen LogP contribution >= 0.6 is 0 Å². The predicted octanol–water partition coefficient (Wildman–Crippen LogP) is 2.46. The second-order valence-corrected chi connectivity index (χ2v) is 3.90. The summed E-state index contributed by atoms with van der Waals surface area (Å²) < 4.78 is 13.3. The predicted molar refractivity (Wildman–Crippen MR) is 66.3 cm³/mol. The van der Waals surface area contributed by atoms with Crippen LogP contribution in [0.4, 0.5) is 4.39 Å². The van der Waals surface area contributed by atoms with E-state index >= 15 is 0 Å². The summed E-state index contributed by atoms with van der Waals surface area (Å²) in [5.41, 5.74) is 0.0770. The Balaban J connectivity index is 1.98. The van der Waals surface area contributed by atoms with Gasteiger partial charge >= 0.3 is 0 Å². The molecule has 0 atom stereocenters. The first-order chi connectivity index (χ1) is 9.18. The molecular formula is C14H11FN2O2. The van der Waals surface area contributed by atoms with Crippen molar-refractivity contribution in [2.75, 3.05) is 0 Å². The molecule has 0 unspecified atom stereocenters. The van der Waals surface area contributed by atoms with Crippen LogP contribution in [-0.4, -0.2) is 21.5 Å². The summed E-state index contributed by atoms with van der Waals surface area (Å²) in [5.74, 6) is -1.40. The molecule has 0 amide bonds. The van der Waals surface area contributed by atoms with Gasteiger partial charge in [-0.1, -0.05) is 6.07 Å². The molecule has 2 heterocycles. The molecule has 19 heavy (non-hydrogen) atoms. The molecule has 0 bridgehead atoms. The number of carbonyl (C=O) groups excluding carboxylic acids is 2. The zero-order chi connectivity index (χ0) is 13.7. The second kappa shape index (κ2) is 5.95. The van der Waals surface area contributed by atoms with Crippen LogP contribution in [0.2, 0.25) is 0 Å². The van der Waals surface area contributed by atoms with Crippen LogP contribution in [-0.2, 0) is 0 Å². The maximum absolute atomic E-state index is 13.3. The summed E-state index contributed by atoms with van der Waals surface area (Å²) in [4.78, 5) is 31.0. The molecule has 0 aliphatic carbocycles. The molecule has 0 spiro atoms. The number of nitrogens with zero attached hydrogens (tertiary/aromatic N) is 2. The van der Waals surface area contributed by atoms with Crippen molar-refractivity contribution in [2.24, 2.45) is 0 Å². The van der Waals surface area contributed by atoms with E-state index in [-0.39, 0.29) is 24.3 Å². The fraction of sp³-hybridized carbons (Fsp3) is 0.143. The fourth-order valence-electron chi connectivity index (χ4n) is 1.59. The highest BCUT2D eigenvalue weighted by atomic mass is 19.1. The monoisotopic (exact) mass is 258 g/mol. The van der Waals surface area contributed by atoms with Gasteiger partial charge in [-0.15, -0.1) is 0 Å². The maximum Gasteiger partial charge on any atom is 0.184 e. The van der Waals surface area contributed by atoms with Gasteiger partial charge in [-0.25, -0.2) is 4.39 Å². The summed E-state index contributed by atoms with van der Waals surface area (Å²) in [7, 11) is 0. The second-order valence-electron chi connectivity index (χ2n) is 3.90. The fourth-order valence-corrected chi connectivity index (χ4v) is 1.59. The third kappa shape index (κ3) is 3.28. The Morgan fingerprint density at radius 2 is 1.68 bits per heavy atom. The van der Waals surface area contributed by atoms with Crippen molar-refractivity contribution in [1.82, 2.24) is 9.97 Å². The van der Waals surface area contributed by atoms with Gasteiger partial charge in [0.15, 0.2) is 17.4 Å². The van der Waals surface area contributed by atoms with E-state index in [1.807, 2.05) is 0 Å². The van der Waals surface area contributed by atoms with Crippen LogP contribution < -0.4 is 0 Å². The van der Waals surface area contributed by atoms with Gasteiger partial charge in [0.2, 0.25) is 0 Å². The lowest BCUT2D eigenvalue weighted by Crippen LogP contribution is -2.09. The molecule has 0 fully saturated rings. The van der Waals surface area contributed by atoms with Crippen molar-refractivity contribution in [1.29, 1.82) is 0 Å². The normalized spacial score (nSPS) is 10.2. The van der Waals surface area contributed by atoms with Crippen molar-refractivity contribution in [3.8, 4) is 0 Å². The average Bonchev–Trinajstić information content (AvgIpc) is 2.46. The Bertz CT molecular complexity index is 599. The molecule has 0 aliphatic heterocycles. The average molecular weight is 258 g/mol. The topological polar surface area (TPSA) is 59.9 Å². The van der Waals surface area contributed by atoms with Gasteiger partial charge in [0.05, 0.1) is 0 Å². The van der Waals surface area contributed by atoms with E-state index in [4.69, 9.17) is 0 Å². The summed E-state index contributed by atoms with van der Waals surface area (Å²) >= 11 is 0. The van der Waals surface area contributed by atoms with E-state index in [9.17, 15) is 14.0 Å². The minimum Gasteiger partial charge on any atom is -0.292 e. The van der Waals surface area contributed by atoms with Crippen LogP contribution in [0.15, 0.2) is 42.7 Å². The first kappa shape index (κ1) is 13.0. The molecule has 0 saturated carbocycles. The SMILES string of the molecule is O=C(CCC(=O)c1ncccc1F)c1ccccn1. The van der Waals surface area contributed by atoms with E-state index in [1.54, 1.807) is 18.2 Å². The number of pyridine rings is 2. The first-order valence-electron chi connectivity index (χ1n) is 5.76. The third-order valence-electron chi connectivity index (χ3n) is 2.55. The number of halogens is 1. The zero-order valence-electron chi connectivity index (χ0n) is 10.0. The van der Waals surface area contributed by atoms with Crippen molar-refractivity contribution < 1.29 is 14.0 Å². The number of hydrogen-bond acceptors (Lipinski definition) is 4. The van der Waals surface area contributed by atoms with Crippen molar-refractivity contribution >= 4 is 11.6 Å². The van der Waals surface area contributed by atoms with Gasteiger partial charge < -0.3 is 0 Å². The number of hydrogen-bond donors (Lipinski definition) is 0. The Morgan fingerprint density at radius 3 is 2.37 bits per heavy atom. The van der Waals surface area contributed by atoms with Gasteiger partial charge in [0.1, 0.15) is 11.4 Å². The molecule has 0 radical (unpaired) electrons. The minimum absolute atomic E-state index is 0.00807. The molecule has 2 aromatic rings. The Morgan fingerprint density at radius 1 is 0.947 bits per heavy atom. The van der Waals surface area contributed by atoms with Crippen LogP contribution in [0.1, 0.15) is 33.8 Å². The van der Waals surface area contributed by atoms with Crippen LogP contribution in [0, 0.1) is 5.82 Å². The van der Waals surface area contributed by atoms with Crippen LogP contribution in [0.3, 0.4) is 0 Å². The van der Waals surface area contributed by atoms with E-state index in [0.29, 0.717) is 5.69 Å². The highest BCUT2D eigenvalue weighted by Gasteiger charge is 2.15. The lowest BCUT2D eigenvalue weighted by Gasteiger charge is -2.01. The van der Waals surface area contributed by atoms with Gasteiger partial charge in [0, 0.05) is 25.2 Å². The molecule has 0 saturated heterocycles. The van der Waals surface area contributed by atoms with E-state index in [1.165, 1.54) is 24.5 Å². The standard InChI is InChI=1S/C14H11FN2O2/c15-10-4-3-9-17-14(10)13(19)7-6-12(18)11-5-1-2-8-16-11/h1-5,8-9H,6-7H2. The van der Waals surface area contributed by atoms with Gasteiger partial charge in [-0.05, 0) is 24.3 Å². The Kier molecular flexibility index (Phi) is 4.07. The van der Waals surface area contributed by atoms with Crippen molar-refractivity contribution in [3.63, 3.8) is 0 Å². The van der Waals surface area contributed by atoms with Gasteiger partial charge in [-0.2, -0.15) is 0 Å². The maximum atomic E-state index is 13.3. The molecule has 2 aromatic heterocycles. The molecule has 5 heteroatoms. The Labute approximate surface area is 109 Å². The summed E-state index contributed by atoms with van der Waals surface area (Å²) in [6.07, 6.45) is 2.76. The zero-order valence-corrected chi connectivity index (χ0v) is 10.0. The van der Waals surface area contributed by atoms with E-state index < -0.39 is 11.6 Å². The largest absolute Gasteiger partial charge is 0.292 e. The van der Waals surface area contributed by atoms with Crippen LogP contribution in [0.5, 0.6) is 0 Å². The van der Waals surface area contributed by atoms with E-state index in [2.05, 4.69) is 9.97 Å². The number of Topliss-reactive ketones (excluding diaryl/α,β-unsaturated/α-hetero) is 2. The third-order valence-corrected chi connectivity index (χ3v) is 2.55. The summed E-state index contributed by atoms with van der Waals surface area (Å²) in [5, 5.41) is 0. The smallest absolute Gasteiger partial charge is 0.184 e. The molecule has 0 aliphatic rings. The molecule has 2 rings (SSSR count). The first-order valence-corrected chi connectivity index (χ1v) is 5.76. The van der Waals surface area contributed by atoms with E-state index in [0.717, 1.165) is 0 Å². The quantitative estimate of drug-likeness (QED) is 0.773. The number of rotatable bonds is 5. The summed E-state index contributed by atoms with van der Waals surface area (Å²) in [6.45, 7) is 0. The molecule has 96 valence electrons. The lowest BCUT2D eigenvalue weighted by atomic mass is 10.1. The number of ketones is 2. The Hall–Kier alpha value is -2.43. The molecule has 0 aromatic carbocycles. The minimum atomic E-state index is -0.669. The lowest BCUT2D eigenvalue weighted by molar-refractivity contribution is 0.0910. The molecule has 0 N–H and O–H groups in total. The molecular weight excluding hydrogens is 247 g/mol. The van der Waals surface area contributed by atoms with Gasteiger partial charge in [-0.3, -0.25) is 19.6 Å². The number of aromatic nitrogens is 2. The van der Waals surface area contributed by atoms with Crippen molar-refractivity contribution in [3.05, 3.63) is 59.9 Å². The van der Waals surface area contributed by atoms with Crippen molar-refractivity contribution in [2.45, 2.75) is 12.8 Å². The molecule has 4 nitrogen and oxygen atoms in total. The highest BCUT2D eigenvalue weighted by molar-refractivity contribution is 6.00. The van der Waals surface area contributed by atoms with Crippen LogP contribution in [0.25, 0.3) is 0 Å². The highest BCUT2D eigenvalue weighted by Crippen LogP contribution is 2.09.